The fourth-order valence-electron chi connectivity index (χ4n) is 2.95. The Morgan fingerprint density at radius 2 is 2.10 bits per heavy atom. The topological polar surface area (TPSA) is 43.8 Å². The number of carboxylic acid groups (broad SMARTS) is 1. The van der Waals surface area contributed by atoms with Gasteiger partial charge in [-0.1, -0.05) is 6.07 Å². The quantitative estimate of drug-likeness (QED) is 0.847. The van der Waals surface area contributed by atoms with Gasteiger partial charge in [-0.05, 0) is 57.3 Å². The van der Waals surface area contributed by atoms with Gasteiger partial charge in [0.1, 0.15) is 0 Å². The molecule has 2 rings (SSSR count). The van der Waals surface area contributed by atoms with Crippen molar-refractivity contribution in [2.24, 2.45) is 5.92 Å². The Labute approximate surface area is 131 Å². The summed E-state index contributed by atoms with van der Waals surface area (Å²) in [6, 6.07) is 5.73. The Balaban J connectivity index is 2.15. The van der Waals surface area contributed by atoms with Crippen LogP contribution in [0.15, 0.2) is 23.1 Å². The molecular weight excluding hydrogens is 284 g/mol. The van der Waals surface area contributed by atoms with Crippen LogP contribution in [-0.4, -0.2) is 56.0 Å². The van der Waals surface area contributed by atoms with Crippen LogP contribution in [0.3, 0.4) is 0 Å². The Bertz CT molecular complexity index is 499. The lowest BCUT2D eigenvalue weighted by Crippen LogP contribution is -2.36. The first-order chi connectivity index (χ1) is 10.0. The third-order valence-corrected chi connectivity index (χ3v) is 5.00. The number of likely N-dealkylation sites (tertiary alicyclic amines) is 1. The third kappa shape index (κ3) is 3.92. The van der Waals surface area contributed by atoms with Crippen molar-refractivity contribution in [2.45, 2.75) is 17.7 Å². The SMILES string of the molecule is CSc1cccc(N(C)CC2CCN(C)CC2)c1C(=O)O. The number of hydrogen-bond donors (Lipinski definition) is 1. The summed E-state index contributed by atoms with van der Waals surface area (Å²) >= 11 is 1.49. The Morgan fingerprint density at radius 1 is 1.43 bits per heavy atom. The number of thioether (sulfide) groups is 1. The fraction of sp³-hybridized carbons (Fsp3) is 0.562. The summed E-state index contributed by atoms with van der Waals surface area (Å²) in [5.74, 6) is -0.198. The zero-order valence-electron chi connectivity index (χ0n) is 13.0. The van der Waals surface area contributed by atoms with Crippen LogP contribution in [0.1, 0.15) is 23.2 Å². The smallest absolute Gasteiger partial charge is 0.338 e. The van der Waals surface area contributed by atoms with Gasteiger partial charge in [-0.2, -0.15) is 0 Å². The summed E-state index contributed by atoms with van der Waals surface area (Å²) in [5.41, 5.74) is 1.26. The number of benzene rings is 1. The number of hydrogen-bond acceptors (Lipinski definition) is 4. The number of aromatic carboxylic acids is 1. The molecule has 1 aliphatic rings. The predicted octanol–water partition coefficient (Wildman–Crippen LogP) is 2.88. The van der Waals surface area contributed by atoms with Crippen molar-refractivity contribution < 1.29 is 9.90 Å². The highest BCUT2D eigenvalue weighted by molar-refractivity contribution is 7.98. The summed E-state index contributed by atoms with van der Waals surface area (Å²) in [7, 11) is 4.16. The van der Waals surface area contributed by atoms with Gasteiger partial charge >= 0.3 is 5.97 Å². The molecule has 0 unspecified atom stereocenters. The van der Waals surface area contributed by atoms with Crippen LogP contribution in [0.4, 0.5) is 5.69 Å². The molecule has 1 saturated heterocycles. The predicted molar refractivity (Wildman–Crippen MR) is 88.7 cm³/mol. The first-order valence-electron chi connectivity index (χ1n) is 7.33. The van der Waals surface area contributed by atoms with Gasteiger partial charge in [-0.3, -0.25) is 0 Å². The summed E-state index contributed by atoms with van der Waals surface area (Å²) in [6.07, 6.45) is 4.29. The normalized spacial score (nSPS) is 16.9. The van der Waals surface area contributed by atoms with Crippen molar-refractivity contribution in [3.8, 4) is 0 Å². The number of rotatable bonds is 5. The van der Waals surface area contributed by atoms with Crippen LogP contribution in [0.2, 0.25) is 0 Å². The molecule has 1 N–H and O–H groups in total. The Hall–Kier alpha value is -1.20. The van der Waals surface area contributed by atoms with E-state index in [9.17, 15) is 9.90 Å². The van der Waals surface area contributed by atoms with Crippen LogP contribution in [0.25, 0.3) is 0 Å². The molecule has 1 heterocycles. The van der Waals surface area contributed by atoms with E-state index < -0.39 is 5.97 Å². The van der Waals surface area contributed by atoms with Crippen molar-refractivity contribution in [3.63, 3.8) is 0 Å². The minimum atomic E-state index is -0.842. The standard InChI is InChI=1S/C16H24N2O2S/c1-17-9-7-12(8-10-17)11-18(2)13-5-4-6-14(21-3)15(13)16(19)20/h4-6,12H,7-11H2,1-3H3,(H,19,20). The molecule has 5 heteroatoms. The lowest BCUT2D eigenvalue weighted by atomic mass is 9.96. The van der Waals surface area contributed by atoms with Gasteiger partial charge in [0, 0.05) is 18.5 Å². The van der Waals surface area contributed by atoms with Gasteiger partial charge in [0.25, 0.3) is 0 Å². The van der Waals surface area contributed by atoms with Gasteiger partial charge in [0.2, 0.25) is 0 Å². The highest BCUT2D eigenvalue weighted by atomic mass is 32.2. The molecule has 21 heavy (non-hydrogen) atoms. The molecule has 1 aliphatic heterocycles. The van der Waals surface area contributed by atoms with E-state index in [0.29, 0.717) is 11.5 Å². The molecule has 0 amide bonds. The van der Waals surface area contributed by atoms with Crippen LogP contribution in [-0.2, 0) is 0 Å². The van der Waals surface area contributed by atoms with Crippen LogP contribution >= 0.6 is 11.8 Å². The van der Waals surface area contributed by atoms with Gasteiger partial charge in [0.15, 0.2) is 0 Å². The van der Waals surface area contributed by atoms with Crippen LogP contribution < -0.4 is 4.90 Å². The molecule has 0 spiro atoms. The summed E-state index contributed by atoms with van der Waals surface area (Å²) in [4.78, 5) is 16.9. The number of carbonyl (C=O) groups is 1. The minimum Gasteiger partial charge on any atom is -0.478 e. The molecule has 0 radical (unpaired) electrons. The number of nitrogens with zero attached hydrogens (tertiary/aromatic N) is 2. The van der Waals surface area contributed by atoms with Crippen molar-refractivity contribution in [1.29, 1.82) is 0 Å². The molecule has 4 nitrogen and oxygen atoms in total. The first-order valence-corrected chi connectivity index (χ1v) is 8.55. The van der Waals surface area contributed by atoms with Crippen molar-refractivity contribution >= 4 is 23.4 Å². The highest BCUT2D eigenvalue weighted by Crippen LogP contribution is 2.30. The van der Waals surface area contributed by atoms with E-state index in [0.717, 1.165) is 30.2 Å². The number of anilines is 1. The number of piperidine rings is 1. The molecule has 0 bridgehead atoms. The molecule has 0 aromatic heterocycles. The minimum absolute atomic E-state index is 0.431. The maximum absolute atomic E-state index is 11.6. The molecule has 116 valence electrons. The van der Waals surface area contributed by atoms with Gasteiger partial charge in [-0.25, -0.2) is 4.79 Å². The second-order valence-corrected chi connectivity index (χ2v) is 6.63. The van der Waals surface area contributed by atoms with Crippen molar-refractivity contribution in [2.75, 3.05) is 44.9 Å². The molecule has 1 aromatic carbocycles. The Kier molecular flexibility index (Phi) is 5.53. The molecular formula is C16H24N2O2S. The zero-order valence-corrected chi connectivity index (χ0v) is 13.8. The van der Waals surface area contributed by atoms with E-state index in [-0.39, 0.29) is 0 Å². The monoisotopic (exact) mass is 308 g/mol. The Morgan fingerprint density at radius 3 is 2.67 bits per heavy atom. The van der Waals surface area contributed by atoms with E-state index in [2.05, 4.69) is 16.8 Å². The molecule has 0 saturated carbocycles. The first kappa shape index (κ1) is 16.2. The van der Waals surface area contributed by atoms with Crippen LogP contribution in [0, 0.1) is 5.92 Å². The van der Waals surface area contributed by atoms with Crippen LogP contribution in [0.5, 0.6) is 0 Å². The zero-order chi connectivity index (χ0) is 15.4. The highest BCUT2D eigenvalue weighted by Gasteiger charge is 2.22. The average Bonchev–Trinajstić information content (AvgIpc) is 2.48. The maximum Gasteiger partial charge on any atom is 0.338 e. The van der Waals surface area contributed by atoms with E-state index >= 15 is 0 Å². The molecule has 1 aromatic rings. The lowest BCUT2D eigenvalue weighted by Gasteiger charge is -2.33. The summed E-state index contributed by atoms with van der Waals surface area (Å²) < 4.78 is 0. The van der Waals surface area contributed by atoms with Gasteiger partial charge in [0.05, 0.1) is 11.3 Å². The van der Waals surface area contributed by atoms with Crippen molar-refractivity contribution in [3.05, 3.63) is 23.8 Å². The lowest BCUT2D eigenvalue weighted by molar-refractivity contribution is 0.0693. The van der Waals surface area contributed by atoms with Gasteiger partial charge < -0.3 is 14.9 Å². The largest absolute Gasteiger partial charge is 0.478 e. The number of carboxylic acids is 1. The second-order valence-electron chi connectivity index (χ2n) is 5.79. The van der Waals surface area contributed by atoms with E-state index in [1.165, 1.54) is 24.6 Å². The average molecular weight is 308 g/mol. The van der Waals surface area contributed by atoms with Crippen molar-refractivity contribution in [1.82, 2.24) is 4.90 Å². The second kappa shape index (κ2) is 7.18. The maximum atomic E-state index is 11.6. The van der Waals surface area contributed by atoms with E-state index in [1.54, 1.807) is 0 Å². The van der Waals surface area contributed by atoms with E-state index in [4.69, 9.17) is 0 Å². The summed E-state index contributed by atoms with van der Waals surface area (Å²) in [5, 5.41) is 9.52. The molecule has 0 atom stereocenters. The fourth-order valence-corrected chi connectivity index (χ4v) is 3.56. The molecule has 0 aliphatic carbocycles. The molecule has 1 fully saturated rings. The van der Waals surface area contributed by atoms with E-state index in [1.807, 2.05) is 31.5 Å². The third-order valence-electron chi connectivity index (χ3n) is 4.22. The summed E-state index contributed by atoms with van der Waals surface area (Å²) in [6.45, 7) is 3.19. The van der Waals surface area contributed by atoms with Gasteiger partial charge in [-0.15, -0.1) is 11.8 Å².